The van der Waals surface area contributed by atoms with E-state index < -0.39 is 5.82 Å². The Bertz CT molecular complexity index is 1170. The van der Waals surface area contributed by atoms with Crippen molar-refractivity contribution in [3.8, 4) is 10.4 Å². The van der Waals surface area contributed by atoms with Gasteiger partial charge in [-0.25, -0.2) is 9.37 Å². The molecule has 0 saturated heterocycles. The molecule has 130 valence electrons. The predicted molar refractivity (Wildman–Crippen MR) is 103 cm³/mol. The first-order valence-corrected chi connectivity index (χ1v) is 9.55. The van der Waals surface area contributed by atoms with Gasteiger partial charge >= 0.3 is 0 Å². The third kappa shape index (κ3) is 3.00. The van der Waals surface area contributed by atoms with Crippen molar-refractivity contribution in [3.63, 3.8) is 0 Å². The van der Waals surface area contributed by atoms with Crippen molar-refractivity contribution in [1.29, 1.82) is 0 Å². The first-order chi connectivity index (χ1) is 12.5. The second kappa shape index (κ2) is 6.59. The van der Waals surface area contributed by atoms with Crippen molar-refractivity contribution in [3.05, 3.63) is 74.7 Å². The monoisotopic (exact) mass is 384 g/mol. The van der Waals surface area contributed by atoms with Crippen molar-refractivity contribution < 1.29 is 9.18 Å². The van der Waals surface area contributed by atoms with Crippen LogP contribution in [0.4, 0.5) is 4.39 Å². The fourth-order valence-electron chi connectivity index (χ4n) is 2.72. The molecule has 0 fully saturated rings. The molecule has 0 saturated carbocycles. The van der Waals surface area contributed by atoms with Crippen LogP contribution in [-0.2, 0) is 6.54 Å². The molecule has 0 aliphatic carbocycles. The lowest BCUT2D eigenvalue weighted by atomic mass is 10.1. The number of hydrogen-bond donors (Lipinski definition) is 0. The molecule has 0 aliphatic heterocycles. The SMILES string of the molecule is Cc1ccc(-c2csc3ncn(CC(=O)c4ccc(F)cc4)c(=O)c23)s1. The van der Waals surface area contributed by atoms with Gasteiger partial charge in [0.2, 0.25) is 0 Å². The van der Waals surface area contributed by atoms with E-state index in [9.17, 15) is 14.0 Å². The van der Waals surface area contributed by atoms with Gasteiger partial charge in [0.15, 0.2) is 5.78 Å². The molecule has 1 aromatic carbocycles. The molecule has 4 rings (SSSR count). The molecule has 26 heavy (non-hydrogen) atoms. The van der Waals surface area contributed by atoms with Gasteiger partial charge in [-0.2, -0.15) is 0 Å². The summed E-state index contributed by atoms with van der Waals surface area (Å²) in [5.41, 5.74) is 0.967. The first kappa shape index (κ1) is 16.8. The Labute approximate surface area is 156 Å². The molecular weight excluding hydrogens is 371 g/mol. The summed E-state index contributed by atoms with van der Waals surface area (Å²) >= 11 is 3.03. The van der Waals surface area contributed by atoms with E-state index in [2.05, 4.69) is 4.98 Å². The largest absolute Gasteiger partial charge is 0.292 e. The number of aromatic nitrogens is 2. The Morgan fingerprint density at radius 3 is 2.65 bits per heavy atom. The van der Waals surface area contributed by atoms with Gasteiger partial charge in [0.05, 0.1) is 18.3 Å². The number of thiophene rings is 2. The third-order valence-electron chi connectivity index (χ3n) is 4.05. The zero-order valence-corrected chi connectivity index (χ0v) is 15.4. The highest BCUT2D eigenvalue weighted by Crippen LogP contribution is 2.34. The number of fused-ring (bicyclic) bond motifs is 1. The van der Waals surface area contributed by atoms with Crippen LogP contribution in [0.1, 0.15) is 15.2 Å². The smallest absolute Gasteiger partial charge is 0.263 e. The average Bonchev–Trinajstić information content (AvgIpc) is 3.24. The molecular formula is C19H13FN2O2S2. The minimum atomic E-state index is -0.407. The molecule has 0 aliphatic rings. The highest BCUT2D eigenvalue weighted by molar-refractivity contribution is 7.19. The zero-order valence-electron chi connectivity index (χ0n) is 13.7. The van der Waals surface area contributed by atoms with Gasteiger partial charge < -0.3 is 0 Å². The second-order valence-electron chi connectivity index (χ2n) is 5.85. The van der Waals surface area contributed by atoms with Gasteiger partial charge in [0.25, 0.3) is 5.56 Å². The normalized spacial score (nSPS) is 11.2. The van der Waals surface area contributed by atoms with E-state index in [0.29, 0.717) is 15.8 Å². The number of hydrogen-bond acceptors (Lipinski definition) is 5. The summed E-state index contributed by atoms with van der Waals surface area (Å²) < 4.78 is 14.3. The second-order valence-corrected chi connectivity index (χ2v) is 7.99. The number of ketones is 1. The number of rotatable bonds is 4. The molecule has 0 radical (unpaired) electrons. The Kier molecular flexibility index (Phi) is 4.26. The minimum Gasteiger partial charge on any atom is -0.292 e. The van der Waals surface area contributed by atoms with Gasteiger partial charge in [0, 0.05) is 26.3 Å². The van der Waals surface area contributed by atoms with E-state index in [1.165, 1.54) is 46.5 Å². The molecule has 4 nitrogen and oxygen atoms in total. The predicted octanol–water partition coefficient (Wildman–Crippen LogP) is 4.52. The van der Waals surface area contributed by atoms with Crippen molar-refractivity contribution in [2.45, 2.75) is 13.5 Å². The topological polar surface area (TPSA) is 52.0 Å². The first-order valence-electron chi connectivity index (χ1n) is 7.85. The summed E-state index contributed by atoms with van der Waals surface area (Å²) in [4.78, 5) is 32.5. The van der Waals surface area contributed by atoms with Crippen LogP contribution in [0.2, 0.25) is 0 Å². The quantitative estimate of drug-likeness (QED) is 0.486. The number of nitrogens with zero attached hydrogens (tertiary/aromatic N) is 2. The number of benzene rings is 1. The lowest BCUT2D eigenvalue weighted by Gasteiger charge is -2.05. The number of aryl methyl sites for hydroxylation is 1. The summed E-state index contributed by atoms with van der Waals surface area (Å²) in [5.74, 6) is -0.673. The molecule has 0 amide bonds. The maximum absolute atomic E-state index is 13.0. The third-order valence-corrected chi connectivity index (χ3v) is 5.97. The van der Waals surface area contributed by atoms with E-state index in [1.54, 1.807) is 11.3 Å². The van der Waals surface area contributed by atoms with Crippen LogP contribution in [-0.4, -0.2) is 15.3 Å². The summed E-state index contributed by atoms with van der Waals surface area (Å²) in [7, 11) is 0. The van der Waals surface area contributed by atoms with Crippen molar-refractivity contribution in [1.82, 2.24) is 9.55 Å². The number of carbonyl (C=O) groups is 1. The van der Waals surface area contributed by atoms with Crippen molar-refractivity contribution >= 4 is 38.7 Å². The Hall–Kier alpha value is -2.64. The van der Waals surface area contributed by atoms with Gasteiger partial charge in [-0.05, 0) is 43.3 Å². The van der Waals surface area contributed by atoms with Crippen LogP contribution in [0.15, 0.2) is 52.9 Å². The maximum Gasteiger partial charge on any atom is 0.263 e. The molecule has 3 heterocycles. The summed E-state index contributed by atoms with van der Waals surface area (Å²) in [6, 6.07) is 9.29. The van der Waals surface area contributed by atoms with Gasteiger partial charge in [-0.15, -0.1) is 22.7 Å². The van der Waals surface area contributed by atoms with Gasteiger partial charge in [-0.1, -0.05) is 0 Å². The fourth-order valence-corrected chi connectivity index (χ4v) is 4.58. The van der Waals surface area contributed by atoms with Crippen molar-refractivity contribution in [2.24, 2.45) is 0 Å². The van der Waals surface area contributed by atoms with E-state index >= 15 is 0 Å². The molecule has 0 atom stereocenters. The molecule has 0 spiro atoms. The van der Waals surface area contributed by atoms with Crippen LogP contribution in [0.5, 0.6) is 0 Å². The minimum absolute atomic E-state index is 0.133. The molecule has 0 N–H and O–H groups in total. The van der Waals surface area contributed by atoms with Crippen molar-refractivity contribution in [2.75, 3.05) is 0 Å². The molecule has 7 heteroatoms. The zero-order chi connectivity index (χ0) is 18.3. The van der Waals surface area contributed by atoms with E-state index in [1.807, 2.05) is 24.4 Å². The average molecular weight is 384 g/mol. The van der Waals surface area contributed by atoms with Gasteiger partial charge in [0.1, 0.15) is 10.6 Å². The summed E-state index contributed by atoms with van der Waals surface area (Å²) in [6.07, 6.45) is 1.39. The van der Waals surface area contributed by atoms with Crippen LogP contribution in [0.25, 0.3) is 20.7 Å². The van der Waals surface area contributed by atoms with E-state index in [4.69, 9.17) is 0 Å². The number of Topliss-reactive ketones (excluding diaryl/α,β-unsaturated/α-hetero) is 1. The molecule has 0 unspecified atom stereocenters. The molecule has 3 aromatic heterocycles. The highest BCUT2D eigenvalue weighted by Gasteiger charge is 2.16. The summed E-state index contributed by atoms with van der Waals surface area (Å²) in [5, 5.41) is 2.46. The summed E-state index contributed by atoms with van der Waals surface area (Å²) in [6.45, 7) is 1.88. The van der Waals surface area contributed by atoms with Crippen LogP contribution in [0, 0.1) is 12.7 Å². The van der Waals surface area contributed by atoms with Crippen LogP contribution >= 0.6 is 22.7 Å². The van der Waals surface area contributed by atoms with E-state index in [0.717, 1.165) is 15.3 Å². The van der Waals surface area contributed by atoms with Crippen LogP contribution in [0.3, 0.4) is 0 Å². The molecule has 0 bridgehead atoms. The molecule has 4 aromatic rings. The van der Waals surface area contributed by atoms with Gasteiger partial charge in [-0.3, -0.25) is 14.2 Å². The van der Waals surface area contributed by atoms with E-state index in [-0.39, 0.29) is 17.9 Å². The lowest BCUT2D eigenvalue weighted by Crippen LogP contribution is -2.24. The Balaban J connectivity index is 1.74. The maximum atomic E-state index is 13.0. The Morgan fingerprint density at radius 1 is 1.19 bits per heavy atom. The standard InChI is InChI=1S/C19H13FN2O2S2/c1-11-2-7-16(26-11)14-9-25-18-17(14)19(24)22(10-21-18)8-15(23)12-3-5-13(20)6-4-12/h2-7,9-10H,8H2,1H3. The fraction of sp³-hybridized carbons (Fsp3) is 0.105. The van der Waals surface area contributed by atoms with Crippen LogP contribution < -0.4 is 5.56 Å². The number of halogens is 1. The number of carbonyl (C=O) groups excluding carboxylic acids is 1. The highest BCUT2D eigenvalue weighted by atomic mass is 32.1. The lowest BCUT2D eigenvalue weighted by molar-refractivity contribution is 0.0970. The Morgan fingerprint density at radius 2 is 1.96 bits per heavy atom.